The van der Waals surface area contributed by atoms with Crippen molar-refractivity contribution in [1.29, 1.82) is 0 Å². The molecule has 0 saturated carbocycles. The predicted octanol–water partition coefficient (Wildman–Crippen LogP) is 1.97. The molecule has 2 atom stereocenters. The molecule has 0 radical (unpaired) electrons. The molecule has 20 heavy (non-hydrogen) atoms. The van der Waals surface area contributed by atoms with Gasteiger partial charge in [0, 0.05) is 17.9 Å². The molecule has 2 heterocycles. The van der Waals surface area contributed by atoms with Crippen molar-refractivity contribution in [3.8, 4) is 11.4 Å². The summed E-state index contributed by atoms with van der Waals surface area (Å²) in [5.74, 6) is 0.748. The van der Waals surface area contributed by atoms with Gasteiger partial charge in [0.05, 0.1) is 12.1 Å². The molecule has 0 aliphatic carbocycles. The van der Waals surface area contributed by atoms with E-state index in [9.17, 15) is 0 Å². The van der Waals surface area contributed by atoms with Crippen molar-refractivity contribution in [3.05, 3.63) is 23.8 Å². The molecule has 2 N–H and O–H groups in total. The highest BCUT2D eigenvalue weighted by atomic mass is 16.5. The predicted molar refractivity (Wildman–Crippen MR) is 76.1 cm³/mol. The van der Waals surface area contributed by atoms with Crippen LogP contribution in [0.25, 0.3) is 11.4 Å². The lowest BCUT2D eigenvalue weighted by molar-refractivity contribution is 0.0690. The molecule has 0 bridgehead atoms. The molecule has 6 nitrogen and oxygen atoms in total. The van der Waals surface area contributed by atoms with Gasteiger partial charge in [-0.2, -0.15) is 0 Å². The molecule has 0 amide bonds. The maximum absolute atomic E-state index is 5.88. The minimum Gasteiger partial charge on any atom is -0.399 e. The highest BCUT2D eigenvalue weighted by Gasteiger charge is 2.27. The average Bonchev–Trinajstić information content (AvgIpc) is 3.11. The smallest absolute Gasteiger partial charge is 0.182 e. The summed E-state index contributed by atoms with van der Waals surface area (Å²) in [4.78, 5) is 0. The minimum absolute atomic E-state index is 0.114. The summed E-state index contributed by atoms with van der Waals surface area (Å²) in [5, 5.41) is 12.1. The van der Waals surface area contributed by atoms with Crippen LogP contribution < -0.4 is 5.73 Å². The van der Waals surface area contributed by atoms with Crippen molar-refractivity contribution in [2.75, 3.05) is 12.3 Å². The van der Waals surface area contributed by atoms with Gasteiger partial charge in [-0.25, -0.2) is 4.68 Å². The molecule has 1 aromatic carbocycles. The Morgan fingerprint density at radius 3 is 3.05 bits per heavy atom. The molecule has 2 unspecified atom stereocenters. The molecule has 3 rings (SSSR count). The first-order valence-electron chi connectivity index (χ1n) is 6.93. The van der Waals surface area contributed by atoms with Gasteiger partial charge >= 0.3 is 0 Å². The maximum Gasteiger partial charge on any atom is 0.182 e. The first-order valence-corrected chi connectivity index (χ1v) is 6.93. The third-order valence-corrected chi connectivity index (χ3v) is 3.88. The standard InChI is InChI=1S/C14H19N5O/c1-9-5-6-11(15)8-12(9)14-16-17-18-19(14)10(2)13-4-3-7-20-13/h5-6,8,10,13H,3-4,7,15H2,1-2H3. The summed E-state index contributed by atoms with van der Waals surface area (Å²) in [6.45, 7) is 4.95. The normalized spacial score (nSPS) is 20.2. The van der Waals surface area contributed by atoms with E-state index < -0.39 is 0 Å². The zero-order valence-corrected chi connectivity index (χ0v) is 11.8. The van der Waals surface area contributed by atoms with Crippen LogP contribution in [-0.4, -0.2) is 32.9 Å². The molecule has 1 aliphatic rings. The first-order chi connectivity index (χ1) is 9.66. The van der Waals surface area contributed by atoms with Gasteiger partial charge in [0.15, 0.2) is 5.82 Å². The van der Waals surface area contributed by atoms with Crippen molar-refractivity contribution in [2.24, 2.45) is 0 Å². The molecular weight excluding hydrogens is 254 g/mol. The number of hydrogen-bond acceptors (Lipinski definition) is 5. The fourth-order valence-electron chi connectivity index (χ4n) is 2.67. The topological polar surface area (TPSA) is 78.9 Å². The van der Waals surface area contributed by atoms with Gasteiger partial charge in [0.2, 0.25) is 0 Å². The van der Waals surface area contributed by atoms with Crippen LogP contribution in [0.1, 0.15) is 31.4 Å². The Kier molecular flexibility index (Phi) is 3.40. The molecule has 1 aliphatic heterocycles. The van der Waals surface area contributed by atoms with E-state index in [1.165, 1.54) is 0 Å². The number of hydrogen-bond donors (Lipinski definition) is 1. The van der Waals surface area contributed by atoms with Crippen LogP contribution in [0.3, 0.4) is 0 Å². The summed E-state index contributed by atoms with van der Waals surface area (Å²) in [6.07, 6.45) is 2.33. The van der Waals surface area contributed by atoms with Crippen LogP contribution >= 0.6 is 0 Å². The number of anilines is 1. The fourth-order valence-corrected chi connectivity index (χ4v) is 2.67. The molecule has 1 saturated heterocycles. The summed E-state index contributed by atoms with van der Waals surface area (Å²) < 4.78 is 7.59. The Balaban J connectivity index is 1.99. The second-order valence-corrected chi connectivity index (χ2v) is 5.31. The van der Waals surface area contributed by atoms with Crippen LogP contribution in [0, 0.1) is 6.92 Å². The lowest BCUT2D eigenvalue weighted by Crippen LogP contribution is -2.22. The quantitative estimate of drug-likeness (QED) is 0.865. The Labute approximate surface area is 117 Å². The van der Waals surface area contributed by atoms with Crippen molar-refractivity contribution in [2.45, 2.75) is 38.8 Å². The van der Waals surface area contributed by atoms with Crippen molar-refractivity contribution in [3.63, 3.8) is 0 Å². The highest BCUT2D eigenvalue weighted by Crippen LogP contribution is 2.29. The zero-order chi connectivity index (χ0) is 14.1. The Bertz CT molecular complexity index is 603. The van der Waals surface area contributed by atoms with Gasteiger partial charge in [-0.05, 0) is 54.8 Å². The number of aryl methyl sites for hydroxylation is 1. The molecule has 1 aromatic heterocycles. The molecule has 0 spiro atoms. The summed E-state index contributed by atoms with van der Waals surface area (Å²) in [6, 6.07) is 5.90. The van der Waals surface area contributed by atoms with E-state index in [2.05, 4.69) is 22.4 Å². The third kappa shape index (κ3) is 2.27. The Hall–Kier alpha value is -1.95. The summed E-state index contributed by atoms with van der Waals surface area (Å²) >= 11 is 0. The number of nitrogens with zero attached hydrogens (tertiary/aromatic N) is 4. The Morgan fingerprint density at radius 1 is 1.45 bits per heavy atom. The maximum atomic E-state index is 5.88. The van der Waals surface area contributed by atoms with Crippen LogP contribution in [0.5, 0.6) is 0 Å². The largest absolute Gasteiger partial charge is 0.399 e. The van der Waals surface area contributed by atoms with E-state index in [0.29, 0.717) is 5.69 Å². The highest BCUT2D eigenvalue weighted by molar-refractivity contribution is 5.65. The van der Waals surface area contributed by atoms with Gasteiger partial charge < -0.3 is 10.5 Å². The van der Waals surface area contributed by atoms with Crippen LogP contribution in [0.4, 0.5) is 5.69 Å². The summed E-state index contributed by atoms with van der Waals surface area (Å²) in [5.41, 5.74) is 8.67. The number of aromatic nitrogens is 4. The van der Waals surface area contributed by atoms with Crippen LogP contribution in [0.15, 0.2) is 18.2 Å². The lowest BCUT2D eigenvalue weighted by atomic mass is 10.1. The molecular formula is C14H19N5O. The van der Waals surface area contributed by atoms with Gasteiger partial charge in [-0.1, -0.05) is 6.07 Å². The SMILES string of the molecule is Cc1ccc(N)cc1-c1nnnn1C(C)C1CCCO1. The van der Waals surface area contributed by atoms with Crippen molar-refractivity contribution in [1.82, 2.24) is 20.2 Å². The fraction of sp³-hybridized carbons (Fsp3) is 0.500. The van der Waals surface area contributed by atoms with Crippen LogP contribution in [0.2, 0.25) is 0 Å². The zero-order valence-electron chi connectivity index (χ0n) is 11.8. The minimum atomic E-state index is 0.114. The molecule has 106 valence electrons. The number of tetrazole rings is 1. The number of rotatable bonds is 3. The van der Waals surface area contributed by atoms with Gasteiger partial charge in [-0.15, -0.1) is 5.10 Å². The second-order valence-electron chi connectivity index (χ2n) is 5.31. The van der Waals surface area contributed by atoms with E-state index in [4.69, 9.17) is 10.5 Å². The first kappa shape index (κ1) is 13.1. The van der Waals surface area contributed by atoms with E-state index in [0.717, 1.165) is 36.4 Å². The molecule has 2 aromatic rings. The van der Waals surface area contributed by atoms with E-state index >= 15 is 0 Å². The number of nitrogens with two attached hydrogens (primary N) is 1. The Morgan fingerprint density at radius 2 is 2.30 bits per heavy atom. The van der Waals surface area contributed by atoms with E-state index in [1.54, 1.807) is 0 Å². The second kappa shape index (κ2) is 5.20. The summed E-state index contributed by atoms with van der Waals surface area (Å²) in [7, 11) is 0. The molecule has 1 fully saturated rings. The average molecular weight is 273 g/mol. The van der Waals surface area contributed by atoms with Crippen LogP contribution in [-0.2, 0) is 4.74 Å². The van der Waals surface area contributed by atoms with Gasteiger partial charge in [-0.3, -0.25) is 0 Å². The molecule has 6 heteroatoms. The van der Waals surface area contributed by atoms with Crippen molar-refractivity contribution < 1.29 is 4.74 Å². The van der Waals surface area contributed by atoms with Gasteiger partial charge in [0.1, 0.15) is 0 Å². The number of benzene rings is 1. The van der Waals surface area contributed by atoms with Gasteiger partial charge in [0.25, 0.3) is 0 Å². The number of ether oxygens (including phenoxy) is 1. The lowest BCUT2D eigenvalue weighted by Gasteiger charge is -2.20. The monoisotopic (exact) mass is 273 g/mol. The third-order valence-electron chi connectivity index (χ3n) is 3.88. The van der Waals surface area contributed by atoms with Crippen molar-refractivity contribution >= 4 is 5.69 Å². The number of nitrogen functional groups attached to an aromatic ring is 1. The van der Waals surface area contributed by atoms with E-state index in [-0.39, 0.29) is 12.1 Å². The van der Waals surface area contributed by atoms with E-state index in [1.807, 2.05) is 29.8 Å².